The Labute approximate surface area is 128 Å². The lowest BCUT2D eigenvalue weighted by molar-refractivity contribution is 0.601. The van der Waals surface area contributed by atoms with Gasteiger partial charge in [-0.1, -0.05) is 22.0 Å². The Balaban J connectivity index is 2.38. The third kappa shape index (κ3) is 3.22. The van der Waals surface area contributed by atoms with Crippen molar-refractivity contribution in [2.45, 2.75) is 25.7 Å². The minimum atomic E-state index is -3.55. The topological polar surface area (TPSA) is 46.2 Å². The van der Waals surface area contributed by atoms with Crippen LogP contribution in [-0.2, 0) is 10.0 Å². The molecule has 0 bridgehead atoms. The highest BCUT2D eigenvalue weighted by Crippen LogP contribution is 2.23. The molecule has 0 aliphatic carbocycles. The summed E-state index contributed by atoms with van der Waals surface area (Å²) in [5, 5.41) is 0. The maximum Gasteiger partial charge on any atom is 0.261 e. The Morgan fingerprint density at radius 1 is 0.900 bits per heavy atom. The second kappa shape index (κ2) is 5.58. The lowest BCUT2D eigenvalue weighted by Gasteiger charge is -2.12. The van der Waals surface area contributed by atoms with Gasteiger partial charge in [0.2, 0.25) is 0 Å². The van der Waals surface area contributed by atoms with E-state index >= 15 is 0 Å². The number of hydrogen-bond acceptors (Lipinski definition) is 2. The summed E-state index contributed by atoms with van der Waals surface area (Å²) in [4.78, 5) is 0.280. The largest absolute Gasteiger partial charge is 0.279 e. The van der Waals surface area contributed by atoms with Gasteiger partial charge in [-0.25, -0.2) is 8.42 Å². The summed E-state index contributed by atoms with van der Waals surface area (Å²) in [6.45, 7) is 5.72. The van der Waals surface area contributed by atoms with E-state index in [4.69, 9.17) is 0 Å². The van der Waals surface area contributed by atoms with Crippen molar-refractivity contribution in [2.24, 2.45) is 0 Å². The van der Waals surface area contributed by atoms with Crippen LogP contribution in [0.2, 0.25) is 0 Å². The molecule has 0 fully saturated rings. The van der Waals surface area contributed by atoms with E-state index in [1.54, 1.807) is 18.2 Å². The maximum absolute atomic E-state index is 12.4. The number of rotatable bonds is 3. The van der Waals surface area contributed by atoms with Crippen LogP contribution >= 0.6 is 15.9 Å². The normalized spacial score (nSPS) is 11.4. The molecule has 2 aromatic carbocycles. The third-order valence-electron chi connectivity index (χ3n) is 3.22. The van der Waals surface area contributed by atoms with Gasteiger partial charge in [0.1, 0.15) is 0 Å². The number of nitrogens with one attached hydrogen (secondary N) is 1. The highest BCUT2D eigenvalue weighted by atomic mass is 79.9. The van der Waals surface area contributed by atoms with E-state index in [1.807, 2.05) is 39.0 Å². The van der Waals surface area contributed by atoms with Gasteiger partial charge in [0.05, 0.1) is 10.6 Å². The van der Waals surface area contributed by atoms with Crippen LogP contribution in [0.5, 0.6) is 0 Å². The quantitative estimate of drug-likeness (QED) is 0.899. The van der Waals surface area contributed by atoms with Crippen LogP contribution in [0.25, 0.3) is 0 Å². The third-order valence-corrected chi connectivity index (χ3v) is 5.08. The second-order valence-corrected chi connectivity index (χ2v) is 7.41. The van der Waals surface area contributed by atoms with Crippen LogP contribution in [-0.4, -0.2) is 8.42 Å². The van der Waals surface area contributed by atoms with E-state index in [0.717, 1.165) is 21.2 Å². The first-order valence-corrected chi connectivity index (χ1v) is 8.43. The van der Waals surface area contributed by atoms with E-state index in [1.165, 1.54) is 0 Å². The van der Waals surface area contributed by atoms with Gasteiger partial charge >= 0.3 is 0 Å². The minimum absolute atomic E-state index is 0.280. The Morgan fingerprint density at radius 3 is 2.20 bits per heavy atom. The van der Waals surface area contributed by atoms with Crippen molar-refractivity contribution in [3.8, 4) is 0 Å². The fourth-order valence-electron chi connectivity index (χ4n) is 1.83. The van der Waals surface area contributed by atoms with Crippen LogP contribution in [0.4, 0.5) is 5.69 Å². The monoisotopic (exact) mass is 353 g/mol. The summed E-state index contributed by atoms with van der Waals surface area (Å²) < 4.78 is 28.3. The molecule has 0 radical (unpaired) electrons. The van der Waals surface area contributed by atoms with E-state index in [0.29, 0.717) is 5.69 Å². The first-order chi connectivity index (χ1) is 9.29. The molecule has 0 unspecified atom stereocenters. The van der Waals surface area contributed by atoms with E-state index in [9.17, 15) is 8.42 Å². The summed E-state index contributed by atoms with van der Waals surface area (Å²) in [5.74, 6) is 0. The maximum atomic E-state index is 12.4. The van der Waals surface area contributed by atoms with Crippen LogP contribution in [0.1, 0.15) is 16.7 Å². The fraction of sp³-hybridized carbons (Fsp3) is 0.200. The lowest BCUT2D eigenvalue weighted by atomic mass is 10.1. The van der Waals surface area contributed by atoms with Crippen molar-refractivity contribution < 1.29 is 8.42 Å². The van der Waals surface area contributed by atoms with Gasteiger partial charge < -0.3 is 0 Å². The van der Waals surface area contributed by atoms with Crippen LogP contribution in [0.15, 0.2) is 45.8 Å². The van der Waals surface area contributed by atoms with Crippen molar-refractivity contribution in [3.05, 3.63) is 57.6 Å². The molecule has 0 aromatic heterocycles. The van der Waals surface area contributed by atoms with Crippen molar-refractivity contribution >= 4 is 31.6 Å². The zero-order valence-electron chi connectivity index (χ0n) is 11.6. The molecular weight excluding hydrogens is 338 g/mol. The number of sulfonamides is 1. The minimum Gasteiger partial charge on any atom is -0.279 e. The number of hydrogen-bond donors (Lipinski definition) is 1. The molecule has 0 aliphatic heterocycles. The SMILES string of the molecule is Cc1ccc(S(=O)(=O)Nc2ccc(Br)cc2C)cc1C. The Hall–Kier alpha value is -1.33. The highest BCUT2D eigenvalue weighted by Gasteiger charge is 2.15. The molecule has 0 aliphatic rings. The van der Waals surface area contributed by atoms with E-state index in [2.05, 4.69) is 20.7 Å². The molecule has 20 heavy (non-hydrogen) atoms. The van der Waals surface area contributed by atoms with Gasteiger partial charge in [0.25, 0.3) is 10.0 Å². The number of aryl methyl sites for hydroxylation is 3. The fourth-order valence-corrected chi connectivity index (χ4v) is 3.52. The van der Waals surface area contributed by atoms with Crippen molar-refractivity contribution in [3.63, 3.8) is 0 Å². The summed E-state index contributed by atoms with van der Waals surface area (Å²) in [6, 6.07) is 10.6. The van der Waals surface area contributed by atoms with Crippen LogP contribution in [0, 0.1) is 20.8 Å². The average Bonchev–Trinajstić information content (AvgIpc) is 2.36. The number of halogens is 1. The molecule has 0 saturated heterocycles. The summed E-state index contributed by atoms with van der Waals surface area (Å²) >= 11 is 3.36. The van der Waals surface area contributed by atoms with E-state index < -0.39 is 10.0 Å². The molecule has 0 heterocycles. The van der Waals surface area contributed by atoms with Gasteiger partial charge in [0, 0.05) is 4.47 Å². The predicted octanol–water partition coefficient (Wildman–Crippen LogP) is 4.18. The molecule has 2 aromatic rings. The zero-order chi connectivity index (χ0) is 14.9. The average molecular weight is 354 g/mol. The molecule has 106 valence electrons. The molecule has 0 atom stereocenters. The zero-order valence-corrected chi connectivity index (χ0v) is 14.0. The summed E-state index contributed by atoms with van der Waals surface area (Å²) in [5.41, 5.74) is 3.49. The van der Waals surface area contributed by atoms with Crippen molar-refractivity contribution in [1.29, 1.82) is 0 Å². The Bertz CT molecular complexity index is 754. The summed E-state index contributed by atoms with van der Waals surface area (Å²) in [6.07, 6.45) is 0. The Kier molecular flexibility index (Phi) is 4.20. The first kappa shape index (κ1) is 15.1. The number of benzene rings is 2. The van der Waals surface area contributed by atoms with Gasteiger partial charge in [-0.15, -0.1) is 0 Å². The van der Waals surface area contributed by atoms with Gasteiger partial charge in [0.15, 0.2) is 0 Å². The first-order valence-electron chi connectivity index (χ1n) is 6.16. The second-order valence-electron chi connectivity index (χ2n) is 4.81. The van der Waals surface area contributed by atoms with Crippen molar-refractivity contribution in [1.82, 2.24) is 0 Å². The number of anilines is 1. The van der Waals surface area contributed by atoms with Gasteiger partial charge in [-0.3, -0.25) is 4.72 Å². The van der Waals surface area contributed by atoms with Crippen LogP contribution < -0.4 is 4.72 Å². The molecule has 1 N–H and O–H groups in total. The molecule has 0 amide bonds. The highest BCUT2D eigenvalue weighted by molar-refractivity contribution is 9.10. The lowest BCUT2D eigenvalue weighted by Crippen LogP contribution is -2.14. The molecule has 0 saturated carbocycles. The summed E-state index contributed by atoms with van der Waals surface area (Å²) in [7, 11) is -3.55. The molecule has 5 heteroatoms. The predicted molar refractivity (Wildman–Crippen MR) is 85.6 cm³/mol. The smallest absolute Gasteiger partial charge is 0.261 e. The standard InChI is InChI=1S/C15H16BrNO2S/c1-10-4-6-14(9-11(10)2)20(18,19)17-15-7-5-13(16)8-12(15)3/h4-9,17H,1-3H3. The van der Waals surface area contributed by atoms with Gasteiger partial charge in [-0.05, 0) is 67.8 Å². The molecular formula is C15H16BrNO2S. The van der Waals surface area contributed by atoms with Crippen molar-refractivity contribution in [2.75, 3.05) is 4.72 Å². The molecule has 3 nitrogen and oxygen atoms in total. The van der Waals surface area contributed by atoms with Gasteiger partial charge in [-0.2, -0.15) is 0 Å². The molecule has 0 spiro atoms. The molecule has 2 rings (SSSR count). The Morgan fingerprint density at radius 2 is 1.60 bits per heavy atom. The van der Waals surface area contributed by atoms with E-state index in [-0.39, 0.29) is 4.90 Å². The van der Waals surface area contributed by atoms with Crippen LogP contribution in [0.3, 0.4) is 0 Å².